The maximum Gasteiger partial charge on any atom is 0.107 e. The number of para-hydroxylation sites is 1. The molecule has 2 heterocycles. The lowest BCUT2D eigenvalue weighted by molar-refractivity contribution is 0.221. The first-order valence-electron chi connectivity index (χ1n) is 5.42. The van der Waals surface area contributed by atoms with Crippen LogP contribution >= 0.6 is 11.3 Å². The molecule has 1 aliphatic heterocycles. The largest absolute Gasteiger partial charge is 0.384 e. The summed E-state index contributed by atoms with van der Waals surface area (Å²) in [7, 11) is 0. The van der Waals surface area contributed by atoms with Gasteiger partial charge in [0, 0.05) is 17.8 Å². The molecule has 1 aliphatic rings. The van der Waals surface area contributed by atoms with Crippen LogP contribution < -0.4 is 5.32 Å². The Morgan fingerprint density at radius 2 is 2.25 bits per heavy atom. The number of benzene rings is 1. The number of hydrogen-bond donors (Lipinski definition) is 2. The highest BCUT2D eigenvalue weighted by Crippen LogP contribution is 2.34. The molecule has 1 aromatic heterocycles. The number of rotatable bonds is 2. The van der Waals surface area contributed by atoms with Crippen LogP contribution in [-0.4, -0.2) is 11.7 Å². The Bertz CT molecular complexity index is 493. The fourth-order valence-electron chi connectivity index (χ4n) is 2.20. The molecule has 82 valence electrons. The first-order chi connectivity index (χ1) is 7.86. The Morgan fingerprint density at radius 3 is 3.06 bits per heavy atom. The van der Waals surface area contributed by atoms with E-state index >= 15 is 0 Å². The normalized spacial score (nSPS) is 15.6. The van der Waals surface area contributed by atoms with Crippen molar-refractivity contribution < 1.29 is 5.11 Å². The van der Waals surface area contributed by atoms with Gasteiger partial charge in [0.1, 0.15) is 6.10 Å². The highest BCUT2D eigenvalue weighted by molar-refractivity contribution is 7.07. The highest BCUT2D eigenvalue weighted by atomic mass is 32.1. The van der Waals surface area contributed by atoms with E-state index in [0.717, 1.165) is 29.8 Å². The van der Waals surface area contributed by atoms with Gasteiger partial charge in [-0.25, -0.2) is 0 Å². The second kappa shape index (κ2) is 3.92. The molecular formula is C13H13NOS. The van der Waals surface area contributed by atoms with E-state index in [2.05, 4.69) is 11.4 Å². The highest BCUT2D eigenvalue weighted by Gasteiger charge is 2.19. The average molecular weight is 231 g/mol. The van der Waals surface area contributed by atoms with Crippen LogP contribution in [0, 0.1) is 0 Å². The predicted octanol–water partition coefficient (Wildman–Crippen LogP) is 2.80. The molecule has 0 amide bonds. The van der Waals surface area contributed by atoms with E-state index in [-0.39, 0.29) is 0 Å². The fourth-order valence-corrected chi connectivity index (χ4v) is 2.88. The van der Waals surface area contributed by atoms with Gasteiger partial charge in [0.05, 0.1) is 0 Å². The molecule has 1 atom stereocenters. The number of aliphatic hydroxyl groups is 1. The van der Waals surface area contributed by atoms with Crippen LogP contribution in [0.4, 0.5) is 5.69 Å². The van der Waals surface area contributed by atoms with Crippen LogP contribution in [0.3, 0.4) is 0 Å². The van der Waals surface area contributed by atoms with Crippen molar-refractivity contribution in [2.75, 3.05) is 11.9 Å². The van der Waals surface area contributed by atoms with Crippen LogP contribution in [-0.2, 0) is 6.42 Å². The maximum absolute atomic E-state index is 10.3. The standard InChI is InChI=1S/C13H13NOS/c15-13(10-5-7-16-8-10)11-3-1-2-9-4-6-14-12(9)11/h1-3,5,7-8,13-15H,4,6H2. The SMILES string of the molecule is OC(c1ccsc1)c1cccc2c1NCC2. The van der Waals surface area contributed by atoms with E-state index in [1.807, 2.05) is 29.0 Å². The van der Waals surface area contributed by atoms with Gasteiger partial charge in [-0.3, -0.25) is 0 Å². The van der Waals surface area contributed by atoms with Crippen LogP contribution in [0.25, 0.3) is 0 Å². The molecule has 0 saturated carbocycles. The zero-order valence-corrected chi connectivity index (χ0v) is 9.63. The smallest absolute Gasteiger partial charge is 0.107 e. The lowest BCUT2D eigenvalue weighted by Gasteiger charge is -2.14. The summed E-state index contributed by atoms with van der Waals surface area (Å²) in [5.74, 6) is 0. The molecule has 2 N–H and O–H groups in total. The van der Waals surface area contributed by atoms with Gasteiger partial charge in [0.2, 0.25) is 0 Å². The van der Waals surface area contributed by atoms with Crippen molar-refractivity contribution in [1.29, 1.82) is 0 Å². The fraction of sp³-hybridized carbons (Fsp3) is 0.231. The molecule has 1 aromatic carbocycles. The number of thiophene rings is 1. The van der Waals surface area contributed by atoms with Gasteiger partial charge in [0.25, 0.3) is 0 Å². The van der Waals surface area contributed by atoms with E-state index in [0.29, 0.717) is 0 Å². The molecule has 2 aromatic rings. The van der Waals surface area contributed by atoms with Crippen molar-refractivity contribution in [2.24, 2.45) is 0 Å². The number of anilines is 1. The van der Waals surface area contributed by atoms with Gasteiger partial charge in [-0.1, -0.05) is 18.2 Å². The number of fused-ring (bicyclic) bond motifs is 1. The van der Waals surface area contributed by atoms with Crippen LogP contribution in [0.1, 0.15) is 22.8 Å². The summed E-state index contributed by atoms with van der Waals surface area (Å²) in [5.41, 5.74) is 4.41. The van der Waals surface area contributed by atoms with Crippen molar-refractivity contribution in [3.05, 3.63) is 51.7 Å². The number of hydrogen-bond acceptors (Lipinski definition) is 3. The molecule has 16 heavy (non-hydrogen) atoms. The van der Waals surface area contributed by atoms with Gasteiger partial charge >= 0.3 is 0 Å². The molecule has 1 unspecified atom stereocenters. The van der Waals surface area contributed by atoms with E-state index in [1.165, 1.54) is 5.56 Å². The van der Waals surface area contributed by atoms with Crippen molar-refractivity contribution in [3.63, 3.8) is 0 Å². The lowest BCUT2D eigenvalue weighted by atomic mass is 9.99. The molecule has 2 nitrogen and oxygen atoms in total. The summed E-state index contributed by atoms with van der Waals surface area (Å²) >= 11 is 1.62. The Hall–Kier alpha value is -1.32. The maximum atomic E-state index is 10.3. The summed E-state index contributed by atoms with van der Waals surface area (Å²) in [6.45, 7) is 0.975. The summed E-state index contributed by atoms with van der Waals surface area (Å²) in [5, 5.41) is 17.7. The van der Waals surface area contributed by atoms with E-state index in [1.54, 1.807) is 11.3 Å². The molecular weight excluding hydrogens is 218 g/mol. The van der Waals surface area contributed by atoms with Crippen molar-refractivity contribution in [2.45, 2.75) is 12.5 Å². The predicted molar refractivity (Wildman–Crippen MR) is 67.0 cm³/mol. The van der Waals surface area contributed by atoms with Crippen LogP contribution in [0.5, 0.6) is 0 Å². The lowest BCUT2D eigenvalue weighted by Crippen LogP contribution is -2.02. The van der Waals surface area contributed by atoms with E-state index in [4.69, 9.17) is 0 Å². The Labute approximate surface area is 98.6 Å². The molecule has 0 radical (unpaired) electrons. The third-order valence-electron chi connectivity index (χ3n) is 3.03. The third-order valence-corrected chi connectivity index (χ3v) is 3.73. The van der Waals surface area contributed by atoms with Crippen molar-refractivity contribution in [3.8, 4) is 0 Å². The first-order valence-corrected chi connectivity index (χ1v) is 6.36. The van der Waals surface area contributed by atoms with Gasteiger partial charge < -0.3 is 10.4 Å². The minimum Gasteiger partial charge on any atom is -0.384 e. The topological polar surface area (TPSA) is 32.3 Å². The first kappa shape index (κ1) is 9.87. The van der Waals surface area contributed by atoms with E-state index < -0.39 is 6.10 Å². The Balaban J connectivity index is 2.04. The summed E-state index contributed by atoms with van der Waals surface area (Å²) < 4.78 is 0. The molecule has 0 fully saturated rings. The summed E-state index contributed by atoms with van der Waals surface area (Å²) in [4.78, 5) is 0. The molecule has 0 aliphatic carbocycles. The van der Waals surface area contributed by atoms with Gasteiger partial charge in [-0.2, -0.15) is 11.3 Å². The van der Waals surface area contributed by atoms with E-state index in [9.17, 15) is 5.11 Å². The van der Waals surface area contributed by atoms with Gasteiger partial charge in [0.15, 0.2) is 0 Å². The second-order valence-corrected chi connectivity index (χ2v) is 4.80. The molecule has 0 saturated heterocycles. The minimum absolute atomic E-state index is 0.508. The number of aliphatic hydroxyl groups excluding tert-OH is 1. The minimum atomic E-state index is -0.508. The monoisotopic (exact) mass is 231 g/mol. The van der Waals surface area contributed by atoms with Crippen molar-refractivity contribution >= 4 is 17.0 Å². The number of nitrogens with one attached hydrogen (secondary N) is 1. The summed E-state index contributed by atoms with van der Waals surface area (Å²) in [6.07, 6.45) is 0.547. The molecule has 3 heteroatoms. The molecule has 0 spiro atoms. The molecule has 3 rings (SSSR count). The van der Waals surface area contributed by atoms with Crippen LogP contribution in [0.15, 0.2) is 35.0 Å². The van der Waals surface area contributed by atoms with Crippen LogP contribution in [0.2, 0.25) is 0 Å². The average Bonchev–Trinajstić information content (AvgIpc) is 2.98. The zero-order valence-electron chi connectivity index (χ0n) is 8.81. The summed E-state index contributed by atoms with van der Waals surface area (Å²) in [6, 6.07) is 8.12. The Morgan fingerprint density at radius 1 is 1.31 bits per heavy atom. The quantitative estimate of drug-likeness (QED) is 0.833. The Kier molecular flexibility index (Phi) is 2.42. The molecule has 0 bridgehead atoms. The van der Waals surface area contributed by atoms with Gasteiger partial charge in [-0.15, -0.1) is 0 Å². The van der Waals surface area contributed by atoms with Crippen molar-refractivity contribution in [1.82, 2.24) is 0 Å². The van der Waals surface area contributed by atoms with Gasteiger partial charge in [-0.05, 0) is 34.4 Å². The second-order valence-electron chi connectivity index (χ2n) is 4.02. The third kappa shape index (κ3) is 1.52. The zero-order chi connectivity index (χ0) is 11.0.